The molecular weight excluding hydrogens is 306 g/mol. The highest BCUT2D eigenvalue weighted by atomic mass is 79.9. The zero-order valence-electron chi connectivity index (χ0n) is 10.4. The number of hydrogen-bond donors (Lipinski definition) is 1. The van der Waals surface area contributed by atoms with Crippen molar-refractivity contribution in [3.63, 3.8) is 0 Å². The minimum atomic E-state index is -0.0503. The predicted molar refractivity (Wildman–Crippen MR) is 77.2 cm³/mol. The number of nitrogen functional groups attached to an aromatic ring is 1. The summed E-state index contributed by atoms with van der Waals surface area (Å²) in [5.41, 5.74) is 7.11. The molecule has 19 heavy (non-hydrogen) atoms. The second-order valence-corrected chi connectivity index (χ2v) is 5.62. The fraction of sp³-hybridized carbons (Fsp3) is 0.286. The Labute approximate surface area is 119 Å². The van der Waals surface area contributed by atoms with Crippen molar-refractivity contribution in [2.75, 3.05) is 5.73 Å². The van der Waals surface area contributed by atoms with Gasteiger partial charge < -0.3 is 10.3 Å². The van der Waals surface area contributed by atoms with Crippen LogP contribution in [0, 0.1) is 0 Å². The van der Waals surface area contributed by atoms with Crippen molar-refractivity contribution >= 4 is 27.5 Å². The molecule has 2 N–H and O–H groups in total. The number of carbonyl (C=O) groups excluding carboxylic acids is 1. The molecule has 5 heteroatoms. The highest BCUT2D eigenvalue weighted by Gasteiger charge is 2.23. The molecule has 2 heterocycles. The Morgan fingerprint density at radius 3 is 2.74 bits per heavy atom. The maximum atomic E-state index is 12.6. The molecule has 0 bridgehead atoms. The number of aromatic nitrogens is 2. The van der Waals surface area contributed by atoms with Gasteiger partial charge in [0.15, 0.2) is 5.82 Å². The van der Waals surface area contributed by atoms with Gasteiger partial charge in [0.25, 0.3) is 0 Å². The van der Waals surface area contributed by atoms with Gasteiger partial charge >= 0.3 is 0 Å². The molecular formula is C14H14BrN3O. The molecule has 0 amide bonds. The Morgan fingerprint density at radius 1 is 1.26 bits per heavy atom. The summed E-state index contributed by atoms with van der Waals surface area (Å²) in [6.45, 7) is 0.830. The van der Waals surface area contributed by atoms with E-state index in [4.69, 9.17) is 5.73 Å². The SMILES string of the molecule is Nc1nc2n(c1C(=O)c1ccc(Br)cc1)CCCC2. The van der Waals surface area contributed by atoms with E-state index in [1.54, 1.807) is 12.1 Å². The van der Waals surface area contributed by atoms with Crippen LogP contribution in [0.4, 0.5) is 5.82 Å². The zero-order valence-corrected chi connectivity index (χ0v) is 12.0. The normalized spacial score (nSPS) is 14.2. The Hall–Kier alpha value is -1.62. The van der Waals surface area contributed by atoms with Crippen molar-refractivity contribution in [2.24, 2.45) is 0 Å². The number of carbonyl (C=O) groups is 1. The number of imidazole rings is 1. The van der Waals surface area contributed by atoms with Crippen molar-refractivity contribution in [3.05, 3.63) is 45.8 Å². The Kier molecular flexibility index (Phi) is 3.14. The van der Waals surface area contributed by atoms with Crippen molar-refractivity contribution in [3.8, 4) is 0 Å². The molecule has 3 rings (SSSR count). The molecule has 0 atom stereocenters. The number of nitrogens with zero attached hydrogens (tertiary/aromatic N) is 2. The first-order valence-corrected chi connectivity index (χ1v) is 7.11. The van der Waals surface area contributed by atoms with Gasteiger partial charge in [0.2, 0.25) is 5.78 Å². The average molecular weight is 320 g/mol. The fourth-order valence-electron chi connectivity index (χ4n) is 2.48. The van der Waals surface area contributed by atoms with Gasteiger partial charge in [-0.25, -0.2) is 4.98 Å². The van der Waals surface area contributed by atoms with E-state index in [9.17, 15) is 4.79 Å². The number of hydrogen-bond acceptors (Lipinski definition) is 3. The van der Waals surface area contributed by atoms with Gasteiger partial charge in [-0.3, -0.25) is 4.79 Å². The molecule has 0 fully saturated rings. The van der Waals surface area contributed by atoms with E-state index in [2.05, 4.69) is 20.9 Å². The largest absolute Gasteiger partial charge is 0.382 e. The summed E-state index contributed by atoms with van der Waals surface area (Å²) in [4.78, 5) is 16.9. The topological polar surface area (TPSA) is 60.9 Å². The lowest BCUT2D eigenvalue weighted by atomic mass is 10.1. The van der Waals surface area contributed by atoms with Crippen LogP contribution in [-0.2, 0) is 13.0 Å². The summed E-state index contributed by atoms with van der Waals surface area (Å²) < 4.78 is 2.93. The minimum Gasteiger partial charge on any atom is -0.382 e. The number of benzene rings is 1. The fourth-order valence-corrected chi connectivity index (χ4v) is 2.75. The van der Waals surface area contributed by atoms with Crippen LogP contribution in [0.15, 0.2) is 28.7 Å². The standard InChI is InChI=1S/C14H14BrN3O/c15-10-6-4-9(5-7-10)13(19)12-14(16)17-11-3-1-2-8-18(11)12/h4-7H,1-3,8,16H2. The smallest absolute Gasteiger partial charge is 0.213 e. The van der Waals surface area contributed by atoms with Gasteiger partial charge in [-0.05, 0) is 37.1 Å². The first kappa shape index (κ1) is 12.4. The second-order valence-electron chi connectivity index (χ2n) is 4.71. The van der Waals surface area contributed by atoms with Crippen LogP contribution < -0.4 is 5.73 Å². The summed E-state index contributed by atoms with van der Waals surface area (Å²) >= 11 is 3.36. The van der Waals surface area contributed by atoms with Crippen molar-refractivity contribution in [1.29, 1.82) is 0 Å². The average Bonchev–Trinajstić information content (AvgIpc) is 2.74. The number of nitrogens with two attached hydrogens (primary N) is 1. The Bertz CT molecular complexity index is 631. The van der Waals surface area contributed by atoms with E-state index in [1.165, 1.54) is 0 Å². The van der Waals surface area contributed by atoms with Crippen molar-refractivity contribution in [2.45, 2.75) is 25.8 Å². The first-order chi connectivity index (χ1) is 9.16. The highest BCUT2D eigenvalue weighted by molar-refractivity contribution is 9.10. The third-order valence-corrected chi connectivity index (χ3v) is 3.96. The Balaban J connectivity index is 2.04. The lowest BCUT2D eigenvalue weighted by molar-refractivity contribution is 0.103. The van der Waals surface area contributed by atoms with Crippen LogP contribution in [-0.4, -0.2) is 15.3 Å². The molecule has 1 aromatic heterocycles. The molecule has 0 saturated heterocycles. The highest BCUT2D eigenvalue weighted by Crippen LogP contribution is 2.24. The van der Waals surface area contributed by atoms with Gasteiger partial charge in [-0.1, -0.05) is 15.9 Å². The van der Waals surface area contributed by atoms with E-state index in [0.29, 0.717) is 17.1 Å². The van der Waals surface area contributed by atoms with E-state index < -0.39 is 0 Å². The van der Waals surface area contributed by atoms with E-state index in [0.717, 1.165) is 36.1 Å². The van der Waals surface area contributed by atoms with Gasteiger partial charge in [0, 0.05) is 23.0 Å². The van der Waals surface area contributed by atoms with Crippen molar-refractivity contribution in [1.82, 2.24) is 9.55 Å². The summed E-state index contributed by atoms with van der Waals surface area (Å²) in [7, 11) is 0. The van der Waals surface area contributed by atoms with Crippen LogP contribution in [0.5, 0.6) is 0 Å². The summed E-state index contributed by atoms with van der Waals surface area (Å²) in [5, 5.41) is 0. The molecule has 0 spiro atoms. The zero-order chi connectivity index (χ0) is 13.4. The minimum absolute atomic E-state index is 0.0503. The summed E-state index contributed by atoms with van der Waals surface area (Å²) in [6, 6.07) is 7.32. The molecule has 98 valence electrons. The predicted octanol–water partition coefficient (Wildman–Crippen LogP) is 2.80. The molecule has 1 aromatic carbocycles. The molecule has 4 nitrogen and oxygen atoms in total. The van der Waals surface area contributed by atoms with Gasteiger partial charge in [0.1, 0.15) is 11.5 Å². The van der Waals surface area contributed by atoms with Crippen LogP contribution in [0.1, 0.15) is 34.7 Å². The third-order valence-electron chi connectivity index (χ3n) is 3.43. The molecule has 0 radical (unpaired) electrons. The number of halogens is 1. The molecule has 1 aliphatic heterocycles. The summed E-state index contributed by atoms with van der Waals surface area (Å²) in [5.74, 6) is 1.24. The quantitative estimate of drug-likeness (QED) is 0.866. The molecule has 0 saturated carbocycles. The molecule has 0 aliphatic carbocycles. The molecule has 0 unspecified atom stereocenters. The maximum absolute atomic E-state index is 12.6. The van der Waals surface area contributed by atoms with Crippen LogP contribution in [0.2, 0.25) is 0 Å². The lowest BCUT2D eigenvalue weighted by Crippen LogP contribution is -2.17. The number of fused-ring (bicyclic) bond motifs is 1. The maximum Gasteiger partial charge on any atom is 0.213 e. The van der Waals surface area contributed by atoms with Gasteiger partial charge in [0.05, 0.1) is 0 Å². The monoisotopic (exact) mass is 319 g/mol. The number of aryl methyl sites for hydroxylation is 1. The number of rotatable bonds is 2. The van der Waals surface area contributed by atoms with Crippen LogP contribution in [0.3, 0.4) is 0 Å². The molecule has 2 aromatic rings. The van der Waals surface area contributed by atoms with Gasteiger partial charge in [-0.2, -0.15) is 0 Å². The van der Waals surface area contributed by atoms with Crippen molar-refractivity contribution < 1.29 is 4.79 Å². The number of anilines is 1. The summed E-state index contributed by atoms with van der Waals surface area (Å²) in [6.07, 6.45) is 3.09. The lowest BCUT2D eigenvalue weighted by Gasteiger charge is -2.15. The Morgan fingerprint density at radius 2 is 2.00 bits per heavy atom. The van der Waals surface area contributed by atoms with E-state index in [-0.39, 0.29) is 5.78 Å². The second kappa shape index (κ2) is 4.81. The number of ketones is 1. The van der Waals surface area contributed by atoms with E-state index >= 15 is 0 Å². The molecule has 1 aliphatic rings. The first-order valence-electron chi connectivity index (χ1n) is 6.32. The third kappa shape index (κ3) is 2.18. The van der Waals surface area contributed by atoms with Crippen LogP contribution in [0.25, 0.3) is 0 Å². The van der Waals surface area contributed by atoms with Crippen LogP contribution >= 0.6 is 15.9 Å². The van der Waals surface area contributed by atoms with Gasteiger partial charge in [-0.15, -0.1) is 0 Å². The van der Waals surface area contributed by atoms with E-state index in [1.807, 2.05) is 16.7 Å².